The van der Waals surface area contributed by atoms with E-state index < -0.39 is 0 Å². The number of pyridine rings is 1. The maximum absolute atomic E-state index is 11.9. The monoisotopic (exact) mass is 301 g/mol. The molecule has 0 fully saturated rings. The van der Waals surface area contributed by atoms with Gasteiger partial charge >= 0.3 is 0 Å². The van der Waals surface area contributed by atoms with Crippen LogP contribution in [0.2, 0.25) is 0 Å². The van der Waals surface area contributed by atoms with Gasteiger partial charge in [-0.2, -0.15) is 0 Å². The first-order chi connectivity index (χ1) is 10.2. The molecule has 0 spiro atoms. The van der Waals surface area contributed by atoms with Gasteiger partial charge in [-0.25, -0.2) is 4.98 Å². The summed E-state index contributed by atoms with van der Waals surface area (Å²) in [7, 11) is 1.57. The average Bonchev–Trinajstić information content (AvgIpc) is 2.53. The Balaban J connectivity index is 1.92. The van der Waals surface area contributed by atoms with Gasteiger partial charge in [-0.15, -0.1) is 0 Å². The van der Waals surface area contributed by atoms with Crippen molar-refractivity contribution >= 4 is 29.3 Å². The predicted octanol–water partition coefficient (Wildman–Crippen LogP) is 2.17. The number of carbonyl (C=O) groups excluding carboxylic acids is 2. The Hall–Kier alpha value is -2.34. The lowest BCUT2D eigenvalue weighted by Crippen LogP contribution is -2.19. The molecule has 108 valence electrons. The third-order valence-electron chi connectivity index (χ3n) is 2.62. The Morgan fingerprint density at radius 2 is 2.05 bits per heavy atom. The molecule has 0 saturated heterocycles. The molecule has 0 aliphatic heterocycles. The zero-order chi connectivity index (χ0) is 15.1. The zero-order valence-electron chi connectivity index (χ0n) is 11.5. The molecule has 5 nitrogen and oxygen atoms in total. The van der Waals surface area contributed by atoms with Crippen LogP contribution >= 0.6 is 11.8 Å². The van der Waals surface area contributed by atoms with Crippen molar-refractivity contribution in [2.24, 2.45) is 0 Å². The predicted molar refractivity (Wildman–Crippen MR) is 83.4 cm³/mol. The van der Waals surface area contributed by atoms with E-state index >= 15 is 0 Å². The third-order valence-corrected chi connectivity index (χ3v) is 3.57. The standard InChI is InChI=1S/C15H15N3O2S/c1-16-15(20)11-5-4-6-12(9-11)18-13(19)10-21-14-7-2-3-8-17-14/h2-9H,10H2,1H3,(H,16,20)(H,18,19). The first-order valence-corrected chi connectivity index (χ1v) is 7.33. The van der Waals surface area contributed by atoms with Gasteiger partial charge in [0.25, 0.3) is 5.91 Å². The van der Waals surface area contributed by atoms with E-state index in [1.807, 2.05) is 18.2 Å². The molecule has 0 aliphatic carbocycles. The van der Waals surface area contributed by atoms with Crippen LogP contribution in [0.1, 0.15) is 10.4 Å². The largest absolute Gasteiger partial charge is 0.355 e. The average molecular weight is 301 g/mol. The van der Waals surface area contributed by atoms with Crippen LogP contribution < -0.4 is 10.6 Å². The Morgan fingerprint density at radius 3 is 2.76 bits per heavy atom. The SMILES string of the molecule is CNC(=O)c1cccc(NC(=O)CSc2ccccn2)c1. The number of rotatable bonds is 5. The van der Waals surface area contributed by atoms with Gasteiger partial charge in [-0.3, -0.25) is 9.59 Å². The van der Waals surface area contributed by atoms with Gasteiger partial charge in [0.1, 0.15) is 0 Å². The van der Waals surface area contributed by atoms with E-state index in [9.17, 15) is 9.59 Å². The van der Waals surface area contributed by atoms with Crippen molar-refractivity contribution < 1.29 is 9.59 Å². The second-order valence-corrected chi connectivity index (χ2v) is 5.16. The molecule has 0 unspecified atom stereocenters. The molecule has 2 amide bonds. The van der Waals surface area contributed by atoms with Crippen LogP contribution in [0, 0.1) is 0 Å². The van der Waals surface area contributed by atoms with Gasteiger partial charge < -0.3 is 10.6 Å². The minimum Gasteiger partial charge on any atom is -0.355 e. The number of hydrogen-bond acceptors (Lipinski definition) is 4. The highest BCUT2D eigenvalue weighted by Crippen LogP contribution is 2.15. The van der Waals surface area contributed by atoms with Gasteiger partial charge in [0.15, 0.2) is 0 Å². The molecular formula is C15H15N3O2S. The van der Waals surface area contributed by atoms with E-state index in [1.54, 1.807) is 37.5 Å². The third kappa shape index (κ3) is 4.61. The van der Waals surface area contributed by atoms with Crippen molar-refractivity contribution in [3.63, 3.8) is 0 Å². The molecular weight excluding hydrogens is 286 g/mol. The summed E-state index contributed by atoms with van der Waals surface area (Å²) in [5.41, 5.74) is 1.11. The van der Waals surface area contributed by atoms with Crippen LogP contribution in [-0.4, -0.2) is 29.6 Å². The van der Waals surface area contributed by atoms with Crippen LogP contribution in [-0.2, 0) is 4.79 Å². The van der Waals surface area contributed by atoms with Crippen LogP contribution in [0.25, 0.3) is 0 Å². The Bertz CT molecular complexity index is 632. The Kier molecular flexibility index (Phi) is 5.34. The van der Waals surface area contributed by atoms with Crippen molar-refractivity contribution in [3.05, 3.63) is 54.2 Å². The number of carbonyl (C=O) groups is 2. The lowest BCUT2D eigenvalue weighted by Gasteiger charge is -2.06. The Labute approximate surface area is 127 Å². The lowest BCUT2D eigenvalue weighted by molar-refractivity contribution is -0.113. The highest BCUT2D eigenvalue weighted by atomic mass is 32.2. The van der Waals surface area contributed by atoms with E-state index in [0.717, 1.165) is 5.03 Å². The summed E-state index contributed by atoms with van der Waals surface area (Å²) >= 11 is 1.36. The summed E-state index contributed by atoms with van der Waals surface area (Å²) in [6.45, 7) is 0. The summed E-state index contributed by atoms with van der Waals surface area (Å²) < 4.78 is 0. The second-order valence-electron chi connectivity index (χ2n) is 4.16. The highest BCUT2D eigenvalue weighted by molar-refractivity contribution is 7.99. The molecule has 1 heterocycles. The normalized spacial score (nSPS) is 9.95. The number of aromatic nitrogens is 1. The first kappa shape index (κ1) is 15.1. The number of nitrogens with zero attached hydrogens (tertiary/aromatic N) is 1. The summed E-state index contributed by atoms with van der Waals surface area (Å²) in [4.78, 5) is 27.5. The maximum atomic E-state index is 11.9. The van der Waals surface area contributed by atoms with Crippen LogP contribution in [0.3, 0.4) is 0 Å². The van der Waals surface area contributed by atoms with E-state index in [0.29, 0.717) is 11.3 Å². The fourth-order valence-corrected chi connectivity index (χ4v) is 2.31. The molecule has 0 atom stereocenters. The fraction of sp³-hybridized carbons (Fsp3) is 0.133. The molecule has 1 aromatic heterocycles. The molecule has 1 aromatic carbocycles. The highest BCUT2D eigenvalue weighted by Gasteiger charge is 2.07. The lowest BCUT2D eigenvalue weighted by atomic mass is 10.2. The van der Waals surface area contributed by atoms with Crippen LogP contribution in [0.5, 0.6) is 0 Å². The van der Waals surface area contributed by atoms with Crippen molar-refractivity contribution in [2.45, 2.75) is 5.03 Å². The van der Waals surface area contributed by atoms with E-state index in [4.69, 9.17) is 0 Å². The fourth-order valence-electron chi connectivity index (χ4n) is 1.65. The van der Waals surface area contributed by atoms with Crippen LogP contribution in [0.4, 0.5) is 5.69 Å². The summed E-state index contributed by atoms with van der Waals surface area (Å²) in [6.07, 6.45) is 1.69. The smallest absolute Gasteiger partial charge is 0.251 e. The van der Waals surface area contributed by atoms with E-state index in [2.05, 4.69) is 15.6 Å². The zero-order valence-corrected chi connectivity index (χ0v) is 12.3. The number of anilines is 1. The molecule has 2 aromatic rings. The summed E-state index contributed by atoms with van der Waals surface area (Å²) in [6, 6.07) is 12.4. The molecule has 21 heavy (non-hydrogen) atoms. The first-order valence-electron chi connectivity index (χ1n) is 6.35. The van der Waals surface area contributed by atoms with Crippen LogP contribution in [0.15, 0.2) is 53.7 Å². The van der Waals surface area contributed by atoms with Crippen molar-refractivity contribution in [2.75, 3.05) is 18.1 Å². The molecule has 0 aliphatic rings. The van der Waals surface area contributed by atoms with Gasteiger partial charge in [0, 0.05) is 24.5 Å². The van der Waals surface area contributed by atoms with Gasteiger partial charge in [0.2, 0.25) is 5.91 Å². The minimum atomic E-state index is -0.186. The quantitative estimate of drug-likeness (QED) is 0.830. The molecule has 6 heteroatoms. The van der Waals surface area contributed by atoms with Crippen molar-refractivity contribution in [3.8, 4) is 0 Å². The van der Waals surface area contributed by atoms with Gasteiger partial charge in [0.05, 0.1) is 10.8 Å². The van der Waals surface area contributed by atoms with E-state index in [1.165, 1.54) is 11.8 Å². The molecule has 2 rings (SSSR count). The number of thioether (sulfide) groups is 1. The molecule has 0 radical (unpaired) electrons. The van der Waals surface area contributed by atoms with Crippen molar-refractivity contribution in [1.82, 2.24) is 10.3 Å². The summed E-state index contributed by atoms with van der Waals surface area (Å²) in [5, 5.41) is 6.11. The number of hydrogen-bond donors (Lipinski definition) is 2. The Morgan fingerprint density at radius 1 is 1.19 bits per heavy atom. The minimum absolute atomic E-state index is 0.139. The molecule has 0 saturated carbocycles. The maximum Gasteiger partial charge on any atom is 0.251 e. The number of benzene rings is 1. The van der Waals surface area contributed by atoms with E-state index in [-0.39, 0.29) is 17.6 Å². The molecule has 0 bridgehead atoms. The van der Waals surface area contributed by atoms with Gasteiger partial charge in [-0.05, 0) is 30.3 Å². The summed E-state index contributed by atoms with van der Waals surface area (Å²) in [5.74, 6) is -0.0602. The van der Waals surface area contributed by atoms with Crippen molar-refractivity contribution in [1.29, 1.82) is 0 Å². The van der Waals surface area contributed by atoms with Gasteiger partial charge in [-0.1, -0.05) is 23.9 Å². The number of nitrogens with one attached hydrogen (secondary N) is 2. The second kappa shape index (κ2) is 7.44. The molecule has 2 N–H and O–H groups in total. The number of amides is 2. The topological polar surface area (TPSA) is 71.1 Å².